The lowest BCUT2D eigenvalue weighted by Gasteiger charge is -1.93. The molecule has 0 aliphatic carbocycles. The van der Waals surface area contributed by atoms with Gasteiger partial charge >= 0.3 is 0 Å². The van der Waals surface area contributed by atoms with Gasteiger partial charge < -0.3 is 4.57 Å². The number of aromatic nitrogens is 2. The number of hydrogen-bond donors (Lipinski definition) is 0. The van der Waals surface area contributed by atoms with E-state index < -0.39 is 0 Å². The first-order valence-corrected chi connectivity index (χ1v) is 6.08. The number of aryl methyl sites for hydroxylation is 2. The lowest BCUT2D eigenvalue weighted by molar-refractivity contribution is 0.886. The first kappa shape index (κ1) is 14.7. The summed E-state index contributed by atoms with van der Waals surface area (Å²) in [7, 11) is 2.03. The molecule has 2 aromatic rings. The minimum atomic E-state index is 1.06. The molecule has 0 atom stereocenters. The van der Waals surface area contributed by atoms with Gasteiger partial charge in [0.1, 0.15) is 5.82 Å². The number of nitrogens with zero attached hydrogens (tertiary/aromatic N) is 2. The summed E-state index contributed by atoms with van der Waals surface area (Å²) in [6.45, 7) is 10.3. The van der Waals surface area contributed by atoms with E-state index in [0.717, 1.165) is 11.3 Å². The molecule has 0 saturated heterocycles. The van der Waals surface area contributed by atoms with Crippen LogP contribution in [0.3, 0.4) is 0 Å². The Balaban J connectivity index is 0.000000394. The van der Waals surface area contributed by atoms with Crippen LogP contribution in [0.1, 0.15) is 39.9 Å². The van der Waals surface area contributed by atoms with Gasteiger partial charge in [0.05, 0.1) is 11.0 Å². The van der Waals surface area contributed by atoms with Crippen molar-refractivity contribution in [2.45, 2.75) is 41.0 Å². The number of benzene rings is 1. The van der Waals surface area contributed by atoms with E-state index in [-0.39, 0.29) is 0 Å². The third-order valence-electron chi connectivity index (χ3n) is 2.01. The predicted molar refractivity (Wildman–Crippen MR) is 72.8 cm³/mol. The van der Waals surface area contributed by atoms with Gasteiger partial charge in [-0.1, -0.05) is 46.2 Å². The van der Waals surface area contributed by atoms with Gasteiger partial charge in [-0.3, -0.25) is 0 Å². The van der Waals surface area contributed by atoms with Crippen LogP contribution in [0.15, 0.2) is 24.3 Å². The van der Waals surface area contributed by atoms with Gasteiger partial charge in [0.25, 0.3) is 0 Å². The molecule has 2 heteroatoms. The summed E-state index contributed by atoms with van der Waals surface area (Å²) in [5, 5.41) is 0. The molecular formula is C14H24N2. The van der Waals surface area contributed by atoms with Crippen LogP contribution in [0.5, 0.6) is 0 Å². The summed E-state index contributed by atoms with van der Waals surface area (Å²) < 4.78 is 2.09. The summed E-state index contributed by atoms with van der Waals surface area (Å²) >= 11 is 0. The second-order valence-electron chi connectivity index (χ2n) is 3.41. The summed E-state index contributed by atoms with van der Waals surface area (Å²) in [6.07, 6.45) is 1.25. The topological polar surface area (TPSA) is 17.8 Å². The van der Waals surface area contributed by atoms with Crippen molar-refractivity contribution in [3.05, 3.63) is 30.1 Å². The Bertz CT molecular complexity index is 402. The van der Waals surface area contributed by atoms with E-state index in [1.807, 2.05) is 46.0 Å². The monoisotopic (exact) mass is 220 g/mol. The number of imidazole rings is 1. The van der Waals surface area contributed by atoms with Crippen molar-refractivity contribution >= 4 is 11.0 Å². The quantitative estimate of drug-likeness (QED) is 0.646. The Labute approximate surface area is 99.3 Å². The molecule has 0 saturated carbocycles. The fourth-order valence-corrected chi connectivity index (χ4v) is 1.27. The number of fused-ring (bicyclic) bond motifs is 1. The van der Waals surface area contributed by atoms with Crippen LogP contribution < -0.4 is 0 Å². The highest BCUT2D eigenvalue weighted by Gasteiger charge is 2.00. The Morgan fingerprint density at radius 3 is 2.12 bits per heavy atom. The Hall–Kier alpha value is -1.31. The molecular weight excluding hydrogens is 196 g/mol. The smallest absolute Gasteiger partial charge is 0.106 e. The van der Waals surface area contributed by atoms with Crippen molar-refractivity contribution < 1.29 is 0 Å². The molecule has 1 heterocycles. The second-order valence-corrected chi connectivity index (χ2v) is 3.41. The normalized spacial score (nSPS) is 8.88. The Morgan fingerprint density at radius 1 is 1.12 bits per heavy atom. The van der Waals surface area contributed by atoms with Crippen LogP contribution >= 0.6 is 0 Å². The van der Waals surface area contributed by atoms with Crippen molar-refractivity contribution in [3.63, 3.8) is 0 Å². The minimum Gasteiger partial charge on any atom is -0.331 e. The molecule has 0 spiro atoms. The number of hydrogen-bond acceptors (Lipinski definition) is 1. The molecule has 0 fully saturated rings. The van der Waals surface area contributed by atoms with Gasteiger partial charge in [-0.25, -0.2) is 4.98 Å². The third kappa shape index (κ3) is 3.69. The molecule has 16 heavy (non-hydrogen) atoms. The summed E-state index contributed by atoms with van der Waals surface area (Å²) in [5.74, 6) is 1.06. The van der Waals surface area contributed by atoms with E-state index in [0.29, 0.717) is 0 Å². The van der Waals surface area contributed by atoms with E-state index in [9.17, 15) is 0 Å². The maximum atomic E-state index is 4.38. The highest BCUT2D eigenvalue weighted by Crippen LogP contribution is 2.12. The van der Waals surface area contributed by atoms with Crippen LogP contribution in [0.25, 0.3) is 11.0 Å². The lowest BCUT2D eigenvalue weighted by atomic mass is 10.3. The van der Waals surface area contributed by atoms with Crippen molar-refractivity contribution in [1.29, 1.82) is 0 Å². The van der Waals surface area contributed by atoms with E-state index >= 15 is 0 Å². The zero-order valence-electron chi connectivity index (χ0n) is 11.4. The molecule has 1 aromatic carbocycles. The van der Waals surface area contributed by atoms with Crippen LogP contribution in [-0.2, 0) is 7.05 Å². The predicted octanol–water partition coefficient (Wildman–Crippen LogP) is 4.32. The van der Waals surface area contributed by atoms with Crippen molar-refractivity contribution in [1.82, 2.24) is 9.55 Å². The summed E-state index contributed by atoms with van der Waals surface area (Å²) in [4.78, 5) is 4.38. The maximum absolute atomic E-state index is 4.38. The van der Waals surface area contributed by atoms with E-state index in [1.165, 1.54) is 11.9 Å². The van der Waals surface area contributed by atoms with Crippen LogP contribution in [0.4, 0.5) is 0 Å². The number of rotatable bonds is 0. The van der Waals surface area contributed by atoms with E-state index in [2.05, 4.69) is 29.5 Å². The molecule has 0 amide bonds. The number of para-hydroxylation sites is 2. The van der Waals surface area contributed by atoms with Gasteiger partial charge in [-0.05, 0) is 19.1 Å². The van der Waals surface area contributed by atoms with E-state index in [1.54, 1.807) is 0 Å². The zero-order valence-corrected chi connectivity index (χ0v) is 11.4. The van der Waals surface area contributed by atoms with Crippen LogP contribution in [-0.4, -0.2) is 9.55 Å². The van der Waals surface area contributed by atoms with Crippen molar-refractivity contribution in [3.8, 4) is 0 Å². The molecule has 0 bridgehead atoms. The highest BCUT2D eigenvalue weighted by molar-refractivity contribution is 5.75. The van der Waals surface area contributed by atoms with Gasteiger partial charge in [0.15, 0.2) is 0 Å². The fraction of sp³-hybridized carbons (Fsp3) is 0.500. The van der Waals surface area contributed by atoms with Gasteiger partial charge in [-0.15, -0.1) is 0 Å². The lowest BCUT2D eigenvalue weighted by Crippen LogP contribution is -1.89. The highest BCUT2D eigenvalue weighted by atomic mass is 15.0. The first-order chi connectivity index (χ1) is 7.70. The van der Waals surface area contributed by atoms with Crippen molar-refractivity contribution in [2.75, 3.05) is 0 Å². The van der Waals surface area contributed by atoms with Crippen LogP contribution in [0.2, 0.25) is 0 Å². The molecule has 1 aromatic heterocycles. The van der Waals surface area contributed by atoms with Crippen LogP contribution in [0, 0.1) is 6.92 Å². The van der Waals surface area contributed by atoms with Gasteiger partial charge in [-0.2, -0.15) is 0 Å². The summed E-state index contributed by atoms with van der Waals surface area (Å²) in [5.41, 5.74) is 2.28. The SMILES string of the molecule is CC.CCC.Cc1nc2ccccc2n1C. The molecule has 0 aliphatic heterocycles. The molecule has 0 radical (unpaired) electrons. The molecule has 0 unspecified atom stereocenters. The Morgan fingerprint density at radius 2 is 1.62 bits per heavy atom. The average Bonchev–Trinajstić information content (AvgIpc) is 2.60. The molecule has 0 aliphatic rings. The maximum Gasteiger partial charge on any atom is 0.106 e. The minimum absolute atomic E-state index is 1.06. The molecule has 2 nitrogen and oxygen atoms in total. The second kappa shape index (κ2) is 7.91. The fourth-order valence-electron chi connectivity index (χ4n) is 1.27. The Kier molecular flexibility index (Phi) is 7.27. The van der Waals surface area contributed by atoms with Gasteiger partial charge in [0.2, 0.25) is 0 Å². The summed E-state index contributed by atoms with van der Waals surface area (Å²) in [6, 6.07) is 8.15. The molecule has 0 N–H and O–H groups in total. The van der Waals surface area contributed by atoms with Crippen molar-refractivity contribution in [2.24, 2.45) is 7.05 Å². The van der Waals surface area contributed by atoms with Gasteiger partial charge in [0, 0.05) is 7.05 Å². The van der Waals surface area contributed by atoms with E-state index in [4.69, 9.17) is 0 Å². The third-order valence-corrected chi connectivity index (χ3v) is 2.01. The first-order valence-electron chi connectivity index (χ1n) is 6.08. The standard InChI is InChI=1S/C9H10N2.C3H8.C2H6/c1-7-10-8-5-3-4-6-9(8)11(7)2;1-3-2;1-2/h3-6H,1-2H3;3H2,1-2H3;1-2H3. The average molecular weight is 220 g/mol. The zero-order chi connectivity index (χ0) is 12.6. The largest absolute Gasteiger partial charge is 0.331 e. The molecule has 90 valence electrons. The molecule has 2 rings (SSSR count).